The number of nitrogen functional groups attached to an aromatic ring is 1. The molecule has 3 N–H and O–H groups in total. The molecule has 5 nitrogen and oxygen atoms in total. The Hall–Kier alpha value is -3.21. The normalized spacial score (nSPS) is 11.5. The number of nitrogens with zero attached hydrogens (tertiary/aromatic N) is 3. The fourth-order valence-electron chi connectivity index (χ4n) is 3.58. The van der Waals surface area contributed by atoms with Gasteiger partial charge < -0.3 is 10.3 Å². The molecule has 0 aliphatic heterocycles. The standard InChI is InChI=1S/C21H21N5/c1-12(2)26-19(22)17(10-15-11-24-21(23)25-20(15)26)18-13(3)8-9-14-6-4-5-7-16(14)18/h4-12,22H,1-3H3,(H2,23,24,25). The number of anilines is 1. The van der Waals surface area contributed by atoms with Crippen LogP contribution < -0.4 is 11.2 Å². The van der Waals surface area contributed by atoms with Gasteiger partial charge in [-0.15, -0.1) is 0 Å². The number of aryl methyl sites for hydroxylation is 1. The fourth-order valence-corrected chi connectivity index (χ4v) is 3.58. The van der Waals surface area contributed by atoms with Crippen LogP contribution >= 0.6 is 0 Å². The summed E-state index contributed by atoms with van der Waals surface area (Å²) in [6.07, 6.45) is 1.74. The predicted molar refractivity (Wildman–Crippen MR) is 106 cm³/mol. The number of nitrogens with two attached hydrogens (primary N) is 1. The molecule has 2 aromatic carbocycles. The van der Waals surface area contributed by atoms with Crippen LogP contribution in [-0.2, 0) is 0 Å². The van der Waals surface area contributed by atoms with Crippen LogP contribution in [0.15, 0.2) is 48.7 Å². The van der Waals surface area contributed by atoms with Crippen LogP contribution in [0.4, 0.5) is 5.95 Å². The van der Waals surface area contributed by atoms with Crippen molar-refractivity contribution in [2.45, 2.75) is 26.8 Å². The van der Waals surface area contributed by atoms with Gasteiger partial charge in [-0.25, -0.2) is 4.98 Å². The van der Waals surface area contributed by atoms with E-state index in [0.29, 0.717) is 11.1 Å². The molecule has 4 aromatic rings. The van der Waals surface area contributed by atoms with Crippen LogP contribution in [-0.4, -0.2) is 14.5 Å². The molecule has 5 heteroatoms. The summed E-state index contributed by atoms with van der Waals surface area (Å²) in [6.45, 7) is 6.19. The van der Waals surface area contributed by atoms with Crippen molar-refractivity contribution in [2.75, 3.05) is 5.73 Å². The lowest BCUT2D eigenvalue weighted by Gasteiger charge is -2.19. The van der Waals surface area contributed by atoms with E-state index in [2.05, 4.69) is 55.0 Å². The van der Waals surface area contributed by atoms with Gasteiger partial charge in [0.25, 0.3) is 0 Å². The van der Waals surface area contributed by atoms with Crippen LogP contribution in [0.2, 0.25) is 0 Å². The Morgan fingerprint density at radius 1 is 1.08 bits per heavy atom. The summed E-state index contributed by atoms with van der Waals surface area (Å²) in [6, 6.07) is 14.6. The summed E-state index contributed by atoms with van der Waals surface area (Å²) in [5.74, 6) is 0.223. The summed E-state index contributed by atoms with van der Waals surface area (Å²) >= 11 is 0. The zero-order valence-corrected chi connectivity index (χ0v) is 15.1. The Labute approximate surface area is 151 Å². The maximum Gasteiger partial charge on any atom is 0.221 e. The van der Waals surface area contributed by atoms with Crippen molar-refractivity contribution in [3.8, 4) is 11.1 Å². The molecule has 0 spiro atoms. The number of hydrogen-bond acceptors (Lipinski definition) is 4. The Morgan fingerprint density at radius 3 is 2.62 bits per heavy atom. The van der Waals surface area contributed by atoms with Gasteiger partial charge in [-0.1, -0.05) is 36.4 Å². The molecule has 4 rings (SSSR count). The van der Waals surface area contributed by atoms with Gasteiger partial charge >= 0.3 is 0 Å². The van der Waals surface area contributed by atoms with E-state index < -0.39 is 0 Å². The number of nitrogens with one attached hydrogen (secondary N) is 1. The van der Waals surface area contributed by atoms with Gasteiger partial charge in [0.15, 0.2) is 0 Å². The molecular formula is C21H21N5. The maximum absolute atomic E-state index is 8.90. The van der Waals surface area contributed by atoms with E-state index in [4.69, 9.17) is 11.1 Å². The van der Waals surface area contributed by atoms with E-state index in [9.17, 15) is 0 Å². The third-order valence-electron chi connectivity index (χ3n) is 4.76. The highest BCUT2D eigenvalue weighted by atomic mass is 15.1. The highest BCUT2D eigenvalue weighted by molar-refractivity contribution is 5.99. The molecule has 0 bridgehead atoms. The Morgan fingerprint density at radius 2 is 1.85 bits per heavy atom. The smallest absolute Gasteiger partial charge is 0.221 e. The van der Waals surface area contributed by atoms with Gasteiger partial charge in [0.1, 0.15) is 11.1 Å². The summed E-state index contributed by atoms with van der Waals surface area (Å²) in [7, 11) is 0. The highest BCUT2D eigenvalue weighted by Crippen LogP contribution is 2.31. The Kier molecular flexibility index (Phi) is 3.72. The van der Waals surface area contributed by atoms with Gasteiger partial charge in [0, 0.05) is 23.2 Å². The van der Waals surface area contributed by atoms with Crippen LogP contribution in [0, 0.1) is 12.3 Å². The third-order valence-corrected chi connectivity index (χ3v) is 4.76. The average molecular weight is 343 g/mol. The largest absolute Gasteiger partial charge is 0.368 e. The van der Waals surface area contributed by atoms with Crippen LogP contribution in [0.1, 0.15) is 25.5 Å². The molecule has 0 aliphatic rings. The van der Waals surface area contributed by atoms with Crippen LogP contribution in [0.25, 0.3) is 32.9 Å². The predicted octanol–water partition coefficient (Wildman–Crippen LogP) is 4.20. The lowest BCUT2D eigenvalue weighted by Crippen LogP contribution is -2.25. The molecule has 0 atom stereocenters. The second kappa shape index (κ2) is 5.95. The van der Waals surface area contributed by atoms with Gasteiger partial charge in [-0.05, 0) is 48.7 Å². The van der Waals surface area contributed by atoms with Crippen molar-refractivity contribution in [2.24, 2.45) is 0 Å². The molecule has 0 saturated carbocycles. The molecule has 130 valence electrons. The molecule has 2 aromatic heterocycles. The van der Waals surface area contributed by atoms with Crippen LogP contribution in [0.3, 0.4) is 0 Å². The average Bonchev–Trinajstić information content (AvgIpc) is 2.61. The van der Waals surface area contributed by atoms with Crippen LogP contribution in [0.5, 0.6) is 0 Å². The second-order valence-electron chi connectivity index (χ2n) is 6.86. The number of hydrogen-bond donors (Lipinski definition) is 2. The zero-order valence-electron chi connectivity index (χ0n) is 15.1. The lowest BCUT2D eigenvalue weighted by molar-refractivity contribution is 0.583. The summed E-state index contributed by atoms with van der Waals surface area (Å²) < 4.78 is 1.92. The number of pyridine rings is 1. The maximum atomic E-state index is 8.90. The fraction of sp³-hybridized carbons (Fsp3) is 0.190. The number of fused-ring (bicyclic) bond motifs is 2. The lowest BCUT2D eigenvalue weighted by atomic mass is 9.94. The zero-order chi connectivity index (χ0) is 18.4. The Balaban J connectivity index is 2.18. The molecule has 0 unspecified atom stereocenters. The monoisotopic (exact) mass is 343 g/mol. The van der Waals surface area contributed by atoms with Crippen molar-refractivity contribution in [3.63, 3.8) is 0 Å². The van der Waals surface area contributed by atoms with E-state index >= 15 is 0 Å². The van der Waals surface area contributed by atoms with E-state index in [0.717, 1.165) is 32.8 Å². The molecule has 0 saturated heterocycles. The molecule has 26 heavy (non-hydrogen) atoms. The Bertz CT molecular complexity index is 1200. The summed E-state index contributed by atoms with van der Waals surface area (Å²) in [5.41, 5.74) is 10.0. The number of rotatable bonds is 2. The molecule has 0 aliphatic carbocycles. The van der Waals surface area contributed by atoms with Crippen molar-refractivity contribution in [3.05, 3.63) is 59.7 Å². The minimum Gasteiger partial charge on any atom is -0.368 e. The van der Waals surface area contributed by atoms with Crippen molar-refractivity contribution < 1.29 is 0 Å². The van der Waals surface area contributed by atoms with Gasteiger partial charge in [0.05, 0.1) is 0 Å². The first-order valence-corrected chi connectivity index (χ1v) is 8.68. The van der Waals surface area contributed by atoms with E-state index in [1.54, 1.807) is 6.20 Å². The van der Waals surface area contributed by atoms with Crippen molar-refractivity contribution in [1.82, 2.24) is 14.5 Å². The van der Waals surface area contributed by atoms with Gasteiger partial charge in [0.2, 0.25) is 5.95 Å². The van der Waals surface area contributed by atoms with Crippen molar-refractivity contribution >= 4 is 27.8 Å². The van der Waals surface area contributed by atoms with Crippen molar-refractivity contribution in [1.29, 1.82) is 5.41 Å². The van der Waals surface area contributed by atoms with E-state index in [1.807, 2.05) is 22.8 Å². The summed E-state index contributed by atoms with van der Waals surface area (Å²) in [5, 5.41) is 12.1. The molecule has 2 heterocycles. The second-order valence-corrected chi connectivity index (χ2v) is 6.86. The minimum atomic E-state index is 0.0783. The minimum absolute atomic E-state index is 0.0783. The van der Waals surface area contributed by atoms with Gasteiger partial charge in [-0.2, -0.15) is 4.98 Å². The molecule has 0 fully saturated rings. The number of aromatic nitrogens is 3. The molecule has 0 radical (unpaired) electrons. The first-order chi connectivity index (χ1) is 12.5. The third kappa shape index (κ3) is 2.44. The topological polar surface area (TPSA) is 80.6 Å². The molecule has 0 amide bonds. The number of benzene rings is 2. The van der Waals surface area contributed by atoms with E-state index in [-0.39, 0.29) is 12.0 Å². The first-order valence-electron chi connectivity index (χ1n) is 8.68. The SMILES string of the molecule is Cc1ccc2ccccc2c1-c1cc2cnc(N)nc2n(C(C)C)c1=N. The highest BCUT2D eigenvalue weighted by Gasteiger charge is 2.16. The quantitative estimate of drug-likeness (QED) is 0.572. The van der Waals surface area contributed by atoms with Gasteiger partial charge in [-0.3, -0.25) is 5.41 Å². The van der Waals surface area contributed by atoms with E-state index in [1.165, 1.54) is 0 Å². The summed E-state index contributed by atoms with van der Waals surface area (Å²) in [4.78, 5) is 8.54. The molecular weight excluding hydrogens is 322 g/mol. The first kappa shape index (κ1) is 16.3.